The summed E-state index contributed by atoms with van der Waals surface area (Å²) in [7, 11) is 0. The van der Waals surface area contributed by atoms with Crippen molar-refractivity contribution in [1.29, 1.82) is 0 Å². The number of aryl methyl sites for hydroxylation is 1. The first kappa shape index (κ1) is 22.4. The van der Waals surface area contributed by atoms with Crippen LogP contribution in [0, 0.1) is 24.2 Å². The number of rotatable bonds is 5. The average Bonchev–Trinajstić information content (AvgIpc) is 3.16. The van der Waals surface area contributed by atoms with Crippen LogP contribution in [0.1, 0.15) is 25.0 Å². The highest BCUT2D eigenvalue weighted by Crippen LogP contribution is 2.63. The van der Waals surface area contributed by atoms with Crippen molar-refractivity contribution in [2.45, 2.75) is 39.6 Å². The van der Waals surface area contributed by atoms with Gasteiger partial charge >= 0.3 is 0 Å². The maximum atomic E-state index is 14.3. The zero-order valence-corrected chi connectivity index (χ0v) is 20.3. The first-order chi connectivity index (χ1) is 16.7. The summed E-state index contributed by atoms with van der Waals surface area (Å²) in [4.78, 5) is 31.4. The summed E-state index contributed by atoms with van der Waals surface area (Å²) in [6.45, 7) is 6.62. The lowest BCUT2D eigenvalue weighted by atomic mass is 10.0. The van der Waals surface area contributed by atoms with E-state index in [9.17, 15) is 14.0 Å². The zero-order chi connectivity index (χ0) is 24.6. The van der Waals surface area contributed by atoms with Crippen LogP contribution in [-0.2, 0) is 16.1 Å². The van der Waals surface area contributed by atoms with E-state index >= 15 is 0 Å². The number of alkyl halides is 1. The minimum absolute atomic E-state index is 0.112. The molecule has 2 saturated heterocycles. The molecule has 3 aromatic rings. The molecule has 6 rings (SSSR count). The number of ether oxygens (including phenoxy) is 1. The Kier molecular flexibility index (Phi) is 4.95. The van der Waals surface area contributed by atoms with Crippen molar-refractivity contribution in [2.24, 2.45) is 17.3 Å². The van der Waals surface area contributed by atoms with Crippen molar-refractivity contribution in [3.8, 4) is 17.0 Å². The fourth-order valence-corrected chi connectivity index (χ4v) is 5.84. The molecule has 35 heavy (non-hydrogen) atoms. The van der Waals surface area contributed by atoms with E-state index in [1.165, 1.54) is 11.2 Å². The Hall–Kier alpha value is -3.04. The van der Waals surface area contributed by atoms with Gasteiger partial charge in [-0.05, 0) is 41.7 Å². The molecule has 10 heteroatoms. The molecule has 0 bridgehead atoms. The Labute approximate surface area is 206 Å². The first-order valence-corrected chi connectivity index (χ1v) is 12.0. The van der Waals surface area contributed by atoms with E-state index in [2.05, 4.69) is 15.4 Å². The monoisotopic (exact) mass is 497 g/mol. The molecule has 0 radical (unpaired) electrons. The van der Waals surface area contributed by atoms with Gasteiger partial charge in [-0.25, -0.2) is 13.9 Å². The highest BCUT2D eigenvalue weighted by molar-refractivity contribution is 6.31. The van der Waals surface area contributed by atoms with Gasteiger partial charge in [-0.1, -0.05) is 25.4 Å². The van der Waals surface area contributed by atoms with E-state index in [0.717, 1.165) is 11.1 Å². The maximum Gasteiger partial charge on any atom is 0.233 e. The van der Waals surface area contributed by atoms with Gasteiger partial charge in [0.2, 0.25) is 11.8 Å². The third-order valence-electron chi connectivity index (χ3n) is 7.55. The van der Waals surface area contributed by atoms with Gasteiger partial charge in [-0.2, -0.15) is 5.10 Å². The lowest BCUT2D eigenvalue weighted by Gasteiger charge is -2.20. The molecule has 1 aromatic carbocycles. The number of nitrogens with zero attached hydrogens (tertiary/aromatic N) is 4. The number of nitrogens with one attached hydrogen (secondary N) is 1. The van der Waals surface area contributed by atoms with Crippen LogP contribution < -0.4 is 10.1 Å². The topological polar surface area (TPSA) is 88.8 Å². The molecular weight excluding hydrogens is 473 g/mol. The highest BCUT2D eigenvalue weighted by Gasteiger charge is 2.72. The van der Waals surface area contributed by atoms with Crippen molar-refractivity contribution in [2.75, 3.05) is 13.1 Å². The number of imide groups is 1. The Morgan fingerprint density at radius 3 is 2.63 bits per heavy atom. The summed E-state index contributed by atoms with van der Waals surface area (Å²) < 4.78 is 22.1. The summed E-state index contributed by atoms with van der Waals surface area (Å²) in [5.74, 6) is -0.152. The second kappa shape index (κ2) is 7.73. The fourth-order valence-electron chi connectivity index (χ4n) is 5.57. The summed E-state index contributed by atoms with van der Waals surface area (Å²) in [6, 6.07) is 5.38. The van der Waals surface area contributed by atoms with Gasteiger partial charge in [0, 0.05) is 29.9 Å². The minimum Gasteiger partial charge on any atom is -0.485 e. The van der Waals surface area contributed by atoms with E-state index in [1.54, 1.807) is 22.8 Å². The normalized spacial score (nSPS) is 27.1. The standard InChI is InChI=1S/C25H25ClFN5O3/c1-12-4-14(26)6-15(22(12)35-18-8-28-7-16(18)27)21-17-5-13(10-32(17)30-11-29-21)9-31-23(33)19-20(24(31)34)25(19,2)3/h4-6,10-11,16,18-20,28H,7-9H2,1-3H3/t16-,18+,19?,20?/m0/s1. The number of amides is 2. The van der Waals surface area contributed by atoms with Crippen LogP contribution in [0.15, 0.2) is 30.7 Å². The molecule has 2 amide bonds. The lowest BCUT2D eigenvalue weighted by molar-refractivity contribution is -0.143. The quantitative estimate of drug-likeness (QED) is 0.545. The number of likely N-dealkylation sites (tertiary alicyclic amines) is 1. The van der Waals surface area contributed by atoms with Crippen molar-refractivity contribution in [1.82, 2.24) is 24.8 Å². The molecule has 1 N–H and O–H groups in total. The smallest absolute Gasteiger partial charge is 0.233 e. The van der Waals surface area contributed by atoms with Gasteiger partial charge in [-0.3, -0.25) is 14.5 Å². The summed E-state index contributed by atoms with van der Waals surface area (Å²) in [6.07, 6.45) is 1.48. The predicted octanol–water partition coefficient (Wildman–Crippen LogP) is 3.19. The molecule has 3 aliphatic rings. The highest BCUT2D eigenvalue weighted by atomic mass is 35.5. The number of benzene rings is 1. The summed E-state index contributed by atoms with van der Waals surface area (Å²) in [5, 5.41) is 7.82. The van der Waals surface area contributed by atoms with Gasteiger partial charge < -0.3 is 10.1 Å². The lowest BCUT2D eigenvalue weighted by Crippen LogP contribution is -2.35. The number of aromatic nitrogens is 3. The second-order valence-electron chi connectivity index (χ2n) is 10.3. The van der Waals surface area contributed by atoms with E-state index in [1.807, 2.05) is 26.8 Å². The minimum atomic E-state index is -1.12. The number of hydrogen-bond acceptors (Lipinski definition) is 6. The Bertz CT molecular complexity index is 1360. The number of carbonyl (C=O) groups is 2. The average molecular weight is 498 g/mol. The van der Waals surface area contributed by atoms with Gasteiger partial charge in [0.1, 0.15) is 23.9 Å². The van der Waals surface area contributed by atoms with E-state index in [4.69, 9.17) is 16.3 Å². The Morgan fingerprint density at radius 1 is 1.20 bits per heavy atom. The largest absolute Gasteiger partial charge is 0.485 e. The molecule has 0 spiro atoms. The molecule has 8 nitrogen and oxygen atoms in total. The van der Waals surface area contributed by atoms with Crippen molar-refractivity contribution in [3.63, 3.8) is 0 Å². The molecule has 2 aromatic heterocycles. The molecule has 1 aliphatic carbocycles. The third-order valence-corrected chi connectivity index (χ3v) is 7.76. The zero-order valence-electron chi connectivity index (χ0n) is 19.6. The van der Waals surface area contributed by atoms with Crippen LogP contribution in [-0.4, -0.2) is 56.7 Å². The van der Waals surface area contributed by atoms with Crippen molar-refractivity contribution < 1.29 is 18.7 Å². The predicted molar refractivity (Wildman–Crippen MR) is 127 cm³/mol. The molecule has 4 heterocycles. The molecule has 1 saturated carbocycles. The van der Waals surface area contributed by atoms with E-state index in [0.29, 0.717) is 34.1 Å². The van der Waals surface area contributed by atoms with Crippen LogP contribution in [0.25, 0.3) is 16.8 Å². The second-order valence-corrected chi connectivity index (χ2v) is 10.7. The molecular formula is C25H25ClFN5O3. The van der Waals surface area contributed by atoms with Crippen molar-refractivity contribution in [3.05, 3.63) is 46.9 Å². The molecule has 4 atom stereocenters. The molecule has 182 valence electrons. The number of carbonyl (C=O) groups excluding carboxylic acids is 2. The number of piperidine rings is 1. The van der Waals surface area contributed by atoms with Crippen LogP contribution in [0.4, 0.5) is 4.39 Å². The molecule has 3 fully saturated rings. The van der Waals surface area contributed by atoms with E-state index in [-0.39, 0.29) is 42.2 Å². The molecule has 2 aliphatic heterocycles. The van der Waals surface area contributed by atoms with Crippen LogP contribution in [0.3, 0.4) is 0 Å². The first-order valence-electron chi connectivity index (χ1n) is 11.7. The fraction of sp³-hybridized carbons (Fsp3) is 0.440. The van der Waals surface area contributed by atoms with Gasteiger partial charge in [0.15, 0.2) is 6.17 Å². The number of halogens is 2. The summed E-state index contributed by atoms with van der Waals surface area (Å²) in [5.41, 5.74) is 3.14. The van der Waals surface area contributed by atoms with Crippen LogP contribution in [0.2, 0.25) is 5.02 Å². The third kappa shape index (κ3) is 3.43. The van der Waals surface area contributed by atoms with Crippen LogP contribution >= 0.6 is 11.6 Å². The number of fused-ring (bicyclic) bond motifs is 2. The number of hydrogen-bond donors (Lipinski definition) is 1. The van der Waals surface area contributed by atoms with Gasteiger partial charge in [0.25, 0.3) is 0 Å². The van der Waals surface area contributed by atoms with Gasteiger partial charge in [0.05, 0.1) is 23.9 Å². The SMILES string of the molecule is Cc1cc(Cl)cc(-c2ncnn3cc(CN4C(=O)C5C(C4=O)C5(C)C)cc23)c1O[C@@H]1CNC[C@@H]1F. The summed E-state index contributed by atoms with van der Waals surface area (Å²) >= 11 is 6.39. The molecule has 2 unspecified atom stereocenters. The maximum absolute atomic E-state index is 14.3. The van der Waals surface area contributed by atoms with Crippen LogP contribution in [0.5, 0.6) is 5.75 Å². The van der Waals surface area contributed by atoms with Gasteiger partial charge in [-0.15, -0.1) is 0 Å². The Morgan fingerprint density at radius 2 is 1.94 bits per heavy atom. The van der Waals surface area contributed by atoms with Crippen molar-refractivity contribution >= 4 is 28.9 Å². The Balaban J connectivity index is 1.36. The van der Waals surface area contributed by atoms with E-state index < -0.39 is 12.3 Å².